The van der Waals surface area contributed by atoms with Gasteiger partial charge < -0.3 is 4.74 Å². The maximum atomic E-state index is 11.8. The minimum absolute atomic E-state index is 0.0721. The maximum Gasteiger partial charge on any atom is 0.310 e. The Bertz CT molecular complexity index is 480. The molecule has 0 aliphatic rings. The van der Waals surface area contributed by atoms with Crippen LogP contribution in [0.1, 0.15) is 187 Å². The number of allylic oxidation sites excluding steroid dienone is 3. The summed E-state index contributed by atoms with van der Waals surface area (Å²) in [4.78, 5) is 11.8. The quantitative estimate of drug-likeness (QED) is 0.0438. The summed E-state index contributed by atoms with van der Waals surface area (Å²) in [6.07, 6.45) is 43.2. The van der Waals surface area contributed by atoms with Gasteiger partial charge in [0.25, 0.3) is 0 Å². The molecule has 0 bridgehead atoms. The van der Waals surface area contributed by atoms with Crippen molar-refractivity contribution < 1.29 is 9.53 Å². The number of hydrogen-bond acceptors (Lipinski definition) is 2. The minimum atomic E-state index is -0.0721. The number of esters is 1. The Balaban J connectivity index is 3.23. The molecule has 0 aromatic carbocycles. The Morgan fingerprint density at radius 2 is 0.806 bits per heavy atom. The van der Waals surface area contributed by atoms with Crippen LogP contribution in [0, 0.1) is 0 Å². The first-order valence-electron chi connectivity index (χ1n) is 16.3. The lowest BCUT2D eigenvalue weighted by Crippen LogP contribution is -1.98. The van der Waals surface area contributed by atoms with Gasteiger partial charge in [-0.3, -0.25) is 4.79 Å². The van der Waals surface area contributed by atoms with E-state index in [4.69, 9.17) is 4.74 Å². The molecular formula is C34H64O2. The largest absolute Gasteiger partial charge is 0.435 e. The summed E-state index contributed by atoms with van der Waals surface area (Å²) in [5.74, 6) is -0.0721. The molecule has 2 nitrogen and oxygen atoms in total. The van der Waals surface area contributed by atoms with E-state index in [1.807, 2.05) is 6.08 Å². The van der Waals surface area contributed by atoms with Crippen molar-refractivity contribution in [3.63, 3.8) is 0 Å². The van der Waals surface area contributed by atoms with Crippen molar-refractivity contribution in [2.75, 3.05) is 0 Å². The van der Waals surface area contributed by atoms with Gasteiger partial charge in [0.2, 0.25) is 0 Å². The minimum Gasteiger partial charge on any atom is -0.435 e. The van der Waals surface area contributed by atoms with Gasteiger partial charge in [-0.15, -0.1) is 0 Å². The van der Waals surface area contributed by atoms with Crippen molar-refractivity contribution >= 4 is 5.97 Å². The monoisotopic (exact) mass is 504 g/mol. The molecule has 0 saturated heterocycles. The van der Waals surface area contributed by atoms with Gasteiger partial charge in [0, 0.05) is 6.42 Å². The molecule has 0 spiro atoms. The fourth-order valence-electron chi connectivity index (χ4n) is 4.68. The number of carbonyl (C=O) groups is 1. The fraction of sp³-hybridized carbons (Fsp3) is 0.853. The summed E-state index contributed by atoms with van der Waals surface area (Å²) in [7, 11) is 0. The first-order valence-corrected chi connectivity index (χ1v) is 16.3. The average Bonchev–Trinajstić information content (AvgIpc) is 2.88. The third-order valence-electron chi connectivity index (χ3n) is 7.16. The first-order chi connectivity index (χ1) is 17.8. The van der Waals surface area contributed by atoms with E-state index in [0.717, 1.165) is 19.3 Å². The van der Waals surface area contributed by atoms with Gasteiger partial charge in [-0.05, 0) is 44.6 Å². The fourth-order valence-corrected chi connectivity index (χ4v) is 4.68. The summed E-state index contributed by atoms with van der Waals surface area (Å²) in [6.45, 7) is 4.53. The topological polar surface area (TPSA) is 26.3 Å². The third-order valence-corrected chi connectivity index (χ3v) is 7.16. The average molecular weight is 505 g/mol. The third kappa shape index (κ3) is 31.0. The molecule has 0 aliphatic carbocycles. The molecule has 0 saturated carbocycles. The normalized spacial score (nSPS) is 11.7. The maximum absolute atomic E-state index is 11.8. The Kier molecular flexibility index (Phi) is 31.0. The van der Waals surface area contributed by atoms with E-state index >= 15 is 0 Å². The zero-order valence-corrected chi connectivity index (χ0v) is 24.7. The van der Waals surface area contributed by atoms with Crippen LogP contribution in [0.2, 0.25) is 0 Å². The molecule has 0 rings (SSSR count). The predicted octanol–water partition coefficient (Wildman–Crippen LogP) is 12.2. The van der Waals surface area contributed by atoms with Crippen LogP contribution in [0.4, 0.5) is 0 Å². The summed E-state index contributed by atoms with van der Waals surface area (Å²) in [5, 5.41) is 0. The summed E-state index contributed by atoms with van der Waals surface area (Å²) >= 11 is 0. The summed E-state index contributed by atoms with van der Waals surface area (Å²) < 4.78 is 5.23. The molecule has 0 aliphatic heterocycles. The van der Waals surface area contributed by atoms with Crippen molar-refractivity contribution in [2.24, 2.45) is 0 Å². The Morgan fingerprint density at radius 3 is 1.28 bits per heavy atom. The van der Waals surface area contributed by atoms with Crippen LogP contribution >= 0.6 is 0 Å². The molecule has 0 heterocycles. The van der Waals surface area contributed by atoms with Crippen LogP contribution in [-0.4, -0.2) is 5.97 Å². The van der Waals surface area contributed by atoms with Gasteiger partial charge >= 0.3 is 5.97 Å². The zero-order chi connectivity index (χ0) is 26.2. The second kappa shape index (κ2) is 32.0. The van der Waals surface area contributed by atoms with Gasteiger partial charge in [-0.2, -0.15) is 0 Å². The van der Waals surface area contributed by atoms with E-state index in [-0.39, 0.29) is 5.97 Å². The first kappa shape index (κ1) is 35.0. The molecule has 2 heteroatoms. The van der Waals surface area contributed by atoms with Crippen LogP contribution in [0.5, 0.6) is 0 Å². The van der Waals surface area contributed by atoms with Crippen LogP contribution in [0.15, 0.2) is 24.5 Å². The molecule has 0 radical (unpaired) electrons. The molecule has 0 N–H and O–H groups in total. The zero-order valence-electron chi connectivity index (χ0n) is 24.7. The van der Waals surface area contributed by atoms with Gasteiger partial charge in [0.05, 0.1) is 6.26 Å². The summed E-state index contributed by atoms with van der Waals surface area (Å²) in [5.41, 5.74) is 0. The Labute approximate surface area is 227 Å². The van der Waals surface area contributed by atoms with Crippen molar-refractivity contribution in [3.8, 4) is 0 Å². The molecule has 0 atom stereocenters. The van der Waals surface area contributed by atoms with Crippen LogP contribution in [0.25, 0.3) is 0 Å². The molecule has 0 unspecified atom stereocenters. The van der Waals surface area contributed by atoms with E-state index in [1.54, 1.807) is 6.26 Å². The van der Waals surface area contributed by atoms with Gasteiger partial charge in [-0.1, -0.05) is 154 Å². The van der Waals surface area contributed by atoms with Gasteiger partial charge in [0.15, 0.2) is 0 Å². The standard InChI is InChI=1S/C34H64O2/c1-3-5-7-9-11-13-15-16-17-18-19-20-21-23-25-27-29-31-33-36-34(35)32-30-28-26-24-22-14-12-10-8-6-4-2/h10,12,31,33H,3-9,11,13-30,32H2,1-2H3. The number of hydrogen-bond donors (Lipinski definition) is 0. The van der Waals surface area contributed by atoms with Crippen molar-refractivity contribution in [3.05, 3.63) is 24.5 Å². The molecule has 36 heavy (non-hydrogen) atoms. The van der Waals surface area contributed by atoms with E-state index < -0.39 is 0 Å². The van der Waals surface area contributed by atoms with Crippen molar-refractivity contribution in [1.82, 2.24) is 0 Å². The van der Waals surface area contributed by atoms with Crippen LogP contribution < -0.4 is 0 Å². The predicted molar refractivity (Wildman–Crippen MR) is 160 cm³/mol. The van der Waals surface area contributed by atoms with Crippen molar-refractivity contribution in [1.29, 1.82) is 0 Å². The highest BCUT2D eigenvalue weighted by atomic mass is 16.5. The molecule has 0 aromatic rings. The van der Waals surface area contributed by atoms with Crippen molar-refractivity contribution in [2.45, 2.75) is 187 Å². The van der Waals surface area contributed by atoms with Gasteiger partial charge in [0.1, 0.15) is 0 Å². The Hall–Kier alpha value is -1.05. The molecule has 0 amide bonds. The summed E-state index contributed by atoms with van der Waals surface area (Å²) in [6, 6.07) is 0. The lowest BCUT2D eigenvalue weighted by atomic mass is 10.0. The van der Waals surface area contributed by atoms with Crippen LogP contribution in [0.3, 0.4) is 0 Å². The lowest BCUT2D eigenvalue weighted by molar-refractivity contribution is -0.138. The molecular weight excluding hydrogens is 440 g/mol. The van der Waals surface area contributed by atoms with E-state index in [0.29, 0.717) is 6.42 Å². The molecule has 0 aromatic heterocycles. The Morgan fingerprint density at radius 1 is 0.444 bits per heavy atom. The number of rotatable bonds is 29. The SMILES string of the molecule is CCCCC=CCCCCCCCC(=O)OC=CCCCCCCCCCCCCCCCCCC. The number of unbranched alkanes of at least 4 members (excludes halogenated alkanes) is 23. The highest BCUT2D eigenvalue weighted by Gasteiger charge is 2.00. The second-order valence-electron chi connectivity index (χ2n) is 10.9. The second-order valence-corrected chi connectivity index (χ2v) is 10.9. The van der Waals surface area contributed by atoms with Crippen LogP contribution in [-0.2, 0) is 9.53 Å². The number of ether oxygens (including phenoxy) is 1. The van der Waals surface area contributed by atoms with E-state index in [2.05, 4.69) is 26.0 Å². The smallest absolute Gasteiger partial charge is 0.310 e. The molecule has 212 valence electrons. The van der Waals surface area contributed by atoms with E-state index in [1.165, 1.54) is 148 Å². The van der Waals surface area contributed by atoms with Gasteiger partial charge in [-0.25, -0.2) is 0 Å². The highest BCUT2D eigenvalue weighted by molar-refractivity contribution is 5.69. The molecule has 0 fully saturated rings. The van der Waals surface area contributed by atoms with E-state index in [9.17, 15) is 4.79 Å². The highest BCUT2D eigenvalue weighted by Crippen LogP contribution is 2.14. The lowest BCUT2D eigenvalue weighted by Gasteiger charge is -2.03. The number of carbonyl (C=O) groups excluding carboxylic acids is 1.